The van der Waals surface area contributed by atoms with Crippen LogP contribution in [-0.4, -0.2) is 30.8 Å². The van der Waals surface area contributed by atoms with Gasteiger partial charge >= 0.3 is 0 Å². The van der Waals surface area contributed by atoms with Gasteiger partial charge in [0.1, 0.15) is 5.75 Å². The van der Waals surface area contributed by atoms with E-state index in [0.29, 0.717) is 6.04 Å². The van der Waals surface area contributed by atoms with E-state index in [9.17, 15) is 0 Å². The monoisotopic (exact) mass is 313 g/mol. The first kappa shape index (κ1) is 15.0. The highest BCUT2D eigenvalue weighted by atomic mass is 16.5. The van der Waals surface area contributed by atoms with Crippen LogP contribution in [0.3, 0.4) is 0 Å². The summed E-state index contributed by atoms with van der Waals surface area (Å²) >= 11 is 0. The smallest absolute Gasteiger partial charge is 0.119 e. The molecule has 4 rings (SSSR count). The molecule has 2 N–H and O–H groups in total. The number of hydrogen-bond donors (Lipinski definition) is 2. The third-order valence-electron chi connectivity index (χ3n) is 5.45. The predicted molar refractivity (Wildman–Crippen MR) is 94.2 cm³/mol. The molecular formula is C19H27N3O. The molecule has 4 nitrogen and oxygen atoms in total. The van der Waals surface area contributed by atoms with Gasteiger partial charge in [-0.3, -0.25) is 0 Å². The van der Waals surface area contributed by atoms with Crippen molar-refractivity contribution in [3.05, 3.63) is 29.5 Å². The second-order valence-corrected chi connectivity index (χ2v) is 6.82. The van der Waals surface area contributed by atoms with Gasteiger partial charge in [-0.15, -0.1) is 0 Å². The van der Waals surface area contributed by atoms with Gasteiger partial charge in [-0.25, -0.2) is 0 Å². The number of rotatable bonds is 4. The van der Waals surface area contributed by atoms with Crippen LogP contribution in [0.2, 0.25) is 0 Å². The number of nitrogens with zero attached hydrogens (tertiary/aromatic N) is 1. The van der Waals surface area contributed by atoms with Gasteiger partial charge in [0, 0.05) is 48.7 Å². The molecule has 4 heteroatoms. The summed E-state index contributed by atoms with van der Waals surface area (Å²) in [6, 6.07) is 7.23. The third kappa shape index (κ3) is 2.86. The lowest BCUT2D eigenvalue weighted by Gasteiger charge is -2.24. The lowest BCUT2D eigenvalue weighted by molar-refractivity contribution is 0.366. The van der Waals surface area contributed by atoms with Gasteiger partial charge in [-0.1, -0.05) is 6.42 Å². The number of aryl methyl sites for hydroxylation is 1. The molecule has 2 aromatic rings. The van der Waals surface area contributed by atoms with E-state index in [-0.39, 0.29) is 0 Å². The Morgan fingerprint density at radius 1 is 1.26 bits per heavy atom. The number of hydrogen-bond acceptors (Lipinski definition) is 3. The maximum absolute atomic E-state index is 5.44. The Hall–Kier alpha value is -1.52. The summed E-state index contributed by atoms with van der Waals surface area (Å²) in [5.41, 5.74) is 4.37. The number of piperidine rings is 1. The van der Waals surface area contributed by atoms with E-state index in [4.69, 9.17) is 4.74 Å². The van der Waals surface area contributed by atoms with Gasteiger partial charge < -0.3 is 19.9 Å². The normalized spacial score (nSPS) is 21.3. The molecule has 23 heavy (non-hydrogen) atoms. The van der Waals surface area contributed by atoms with E-state index in [1.54, 1.807) is 7.11 Å². The molecule has 1 aromatic heterocycles. The maximum Gasteiger partial charge on any atom is 0.119 e. The fraction of sp³-hybridized carbons (Fsp3) is 0.579. The zero-order chi connectivity index (χ0) is 15.6. The van der Waals surface area contributed by atoms with Crippen LogP contribution in [-0.2, 0) is 19.5 Å². The molecule has 0 amide bonds. The molecule has 0 spiro atoms. The van der Waals surface area contributed by atoms with E-state index in [1.165, 1.54) is 54.4 Å². The van der Waals surface area contributed by atoms with E-state index in [2.05, 4.69) is 33.4 Å². The minimum atomic E-state index is 0.691. The predicted octanol–water partition coefficient (Wildman–Crippen LogP) is 2.83. The van der Waals surface area contributed by atoms with Crippen LogP contribution in [0.15, 0.2) is 18.2 Å². The first-order valence-electron chi connectivity index (χ1n) is 8.99. The lowest BCUT2D eigenvalue weighted by Crippen LogP contribution is -2.35. The molecule has 0 aliphatic carbocycles. The van der Waals surface area contributed by atoms with Crippen LogP contribution in [0.25, 0.3) is 10.9 Å². The topological polar surface area (TPSA) is 38.2 Å². The number of nitrogens with one attached hydrogen (secondary N) is 2. The minimum absolute atomic E-state index is 0.691. The Balaban J connectivity index is 1.67. The van der Waals surface area contributed by atoms with E-state index < -0.39 is 0 Å². The summed E-state index contributed by atoms with van der Waals surface area (Å²) in [5.74, 6) is 0.956. The average molecular weight is 313 g/mol. The maximum atomic E-state index is 5.44. The number of aromatic nitrogens is 1. The minimum Gasteiger partial charge on any atom is -0.497 e. The van der Waals surface area contributed by atoms with Crippen molar-refractivity contribution in [2.75, 3.05) is 20.2 Å². The van der Waals surface area contributed by atoms with Crippen molar-refractivity contribution >= 4 is 10.9 Å². The van der Waals surface area contributed by atoms with Gasteiger partial charge in [-0.2, -0.15) is 0 Å². The number of methoxy groups -OCH3 is 1. The van der Waals surface area contributed by atoms with Gasteiger partial charge in [-0.05, 0) is 49.6 Å². The molecule has 1 fully saturated rings. The van der Waals surface area contributed by atoms with Gasteiger partial charge in [0.2, 0.25) is 0 Å². The molecule has 2 aliphatic rings. The summed E-state index contributed by atoms with van der Waals surface area (Å²) in [5, 5.41) is 8.57. The molecule has 1 saturated heterocycles. The molecule has 1 atom stereocenters. The van der Waals surface area contributed by atoms with Crippen molar-refractivity contribution < 1.29 is 4.74 Å². The fourth-order valence-electron chi connectivity index (χ4n) is 4.20. The second-order valence-electron chi connectivity index (χ2n) is 6.82. The van der Waals surface area contributed by atoms with Crippen molar-refractivity contribution in [3.8, 4) is 5.75 Å². The Labute approximate surface area is 138 Å². The molecule has 124 valence electrons. The average Bonchev–Trinajstić information content (AvgIpc) is 2.94. The van der Waals surface area contributed by atoms with E-state index in [1.807, 2.05) is 0 Å². The van der Waals surface area contributed by atoms with Crippen molar-refractivity contribution in [2.45, 2.75) is 51.2 Å². The van der Waals surface area contributed by atoms with E-state index in [0.717, 1.165) is 31.8 Å². The Morgan fingerprint density at radius 3 is 3.04 bits per heavy atom. The SMILES string of the molecule is COc1ccc2c(c1)c1c(n2CCC2CCCCN2)CCNC1. The van der Waals surface area contributed by atoms with Crippen molar-refractivity contribution in [2.24, 2.45) is 0 Å². The zero-order valence-corrected chi connectivity index (χ0v) is 14.0. The highest BCUT2D eigenvalue weighted by Gasteiger charge is 2.21. The zero-order valence-electron chi connectivity index (χ0n) is 14.0. The third-order valence-corrected chi connectivity index (χ3v) is 5.45. The number of fused-ring (bicyclic) bond motifs is 3. The molecule has 0 radical (unpaired) electrons. The molecule has 0 bridgehead atoms. The summed E-state index contributed by atoms with van der Waals surface area (Å²) in [7, 11) is 1.75. The van der Waals surface area contributed by atoms with Crippen LogP contribution in [0, 0.1) is 0 Å². The highest BCUT2D eigenvalue weighted by Crippen LogP contribution is 2.32. The van der Waals surface area contributed by atoms with E-state index >= 15 is 0 Å². The largest absolute Gasteiger partial charge is 0.497 e. The standard InChI is InChI=1S/C19H27N3O/c1-23-15-5-6-18-16(12-15)17-13-20-10-7-19(17)22(18)11-8-14-4-2-3-9-21-14/h5-6,12,14,20-21H,2-4,7-11,13H2,1H3. The highest BCUT2D eigenvalue weighted by molar-refractivity contribution is 5.87. The molecule has 0 saturated carbocycles. The summed E-state index contributed by atoms with van der Waals surface area (Å²) in [4.78, 5) is 0. The summed E-state index contributed by atoms with van der Waals surface area (Å²) in [6.45, 7) is 4.38. The van der Waals surface area contributed by atoms with Crippen molar-refractivity contribution in [3.63, 3.8) is 0 Å². The van der Waals surface area contributed by atoms with Gasteiger partial charge in [0.15, 0.2) is 0 Å². The van der Waals surface area contributed by atoms with Gasteiger partial charge in [0.25, 0.3) is 0 Å². The Morgan fingerprint density at radius 2 is 2.22 bits per heavy atom. The van der Waals surface area contributed by atoms with Crippen LogP contribution in [0.5, 0.6) is 5.75 Å². The summed E-state index contributed by atoms with van der Waals surface area (Å²) in [6.07, 6.45) is 6.41. The molecule has 1 unspecified atom stereocenters. The van der Waals surface area contributed by atoms with Crippen LogP contribution < -0.4 is 15.4 Å². The molecular weight excluding hydrogens is 286 g/mol. The van der Waals surface area contributed by atoms with Crippen molar-refractivity contribution in [1.29, 1.82) is 0 Å². The lowest BCUT2D eigenvalue weighted by atomic mass is 10.0. The van der Waals surface area contributed by atoms with Crippen LogP contribution >= 0.6 is 0 Å². The Bertz CT molecular complexity index is 685. The first-order chi connectivity index (χ1) is 11.4. The molecule has 2 aliphatic heterocycles. The Kier molecular flexibility index (Phi) is 4.27. The second kappa shape index (κ2) is 6.54. The fourth-order valence-corrected chi connectivity index (χ4v) is 4.20. The van der Waals surface area contributed by atoms with Crippen molar-refractivity contribution in [1.82, 2.24) is 15.2 Å². The first-order valence-corrected chi connectivity index (χ1v) is 8.99. The molecule has 3 heterocycles. The number of ether oxygens (including phenoxy) is 1. The van der Waals surface area contributed by atoms with Crippen LogP contribution in [0.1, 0.15) is 36.9 Å². The summed E-state index contributed by atoms with van der Waals surface area (Å²) < 4.78 is 8.01. The number of benzene rings is 1. The molecule has 1 aromatic carbocycles. The van der Waals surface area contributed by atoms with Crippen LogP contribution in [0.4, 0.5) is 0 Å². The quantitative estimate of drug-likeness (QED) is 0.911. The van der Waals surface area contributed by atoms with Gasteiger partial charge in [0.05, 0.1) is 7.11 Å².